The standard InChI is InChI=1S/C13H23NO2/c1-10(2)11(3)7-14-8-12-5-6-13(16-12)9-15-4/h5-6,10-11,14H,7-9H2,1-4H3. The summed E-state index contributed by atoms with van der Waals surface area (Å²) in [6.07, 6.45) is 0. The fourth-order valence-corrected chi connectivity index (χ4v) is 1.40. The normalized spacial score (nSPS) is 13.3. The van der Waals surface area contributed by atoms with Crippen LogP contribution in [0.4, 0.5) is 0 Å². The molecule has 16 heavy (non-hydrogen) atoms. The molecule has 0 aromatic carbocycles. The first-order chi connectivity index (χ1) is 7.63. The van der Waals surface area contributed by atoms with Gasteiger partial charge in [0, 0.05) is 7.11 Å². The van der Waals surface area contributed by atoms with E-state index in [2.05, 4.69) is 26.1 Å². The Morgan fingerprint density at radius 1 is 1.25 bits per heavy atom. The molecule has 3 nitrogen and oxygen atoms in total. The van der Waals surface area contributed by atoms with Crippen molar-refractivity contribution in [2.45, 2.75) is 33.9 Å². The number of hydrogen-bond donors (Lipinski definition) is 1. The predicted molar refractivity (Wildman–Crippen MR) is 65.1 cm³/mol. The molecule has 1 atom stereocenters. The second-order valence-corrected chi connectivity index (χ2v) is 4.65. The Morgan fingerprint density at radius 3 is 2.56 bits per heavy atom. The van der Waals surface area contributed by atoms with Crippen LogP contribution in [0, 0.1) is 11.8 Å². The van der Waals surface area contributed by atoms with E-state index in [0.29, 0.717) is 18.4 Å². The summed E-state index contributed by atoms with van der Waals surface area (Å²) in [4.78, 5) is 0. The molecule has 92 valence electrons. The smallest absolute Gasteiger partial charge is 0.129 e. The zero-order chi connectivity index (χ0) is 12.0. The quantitative estimate of drug-likeness (QED) is 0.775. The highest BCUT2D eigenvalue weighted by molar-refractivity contribution is 5.06. The lowest BCUT2D eigenvalue weighted by molar-refractivity contribution is 0.162. The molecule has 0 saturated heterocycles. The summed E-state index contributed by atoms with van der Waals surface area (Å²) in [7, 11) is 1.67. The largest absolute Gasteiger partial charge is 0.462 e. The van der Waals surface area contributed by atoms with E-state index in [1.807, 2.05) is 12.1 Å². The minimum absolute atomic E-state index is 0.544. The van der Waals surface area contributed by atoms with Crippen LogP contribution >= 0.6 is 0 Å². The van der Waals surface area contributed by atoms with Crippen molar-refractivity contribution in [3.05, 3.63) is 23.7 Å². The summed E-state index contributed by atoms with van der Waals surface area (Å²) in [5.74, 6) is 3.26. The van der Waals surface area contributed by atoms with E-state index >= 15 is 0 Å². The lowest BCUT2D eigenvalue weighted by Gasteiger charge is -2.15. The van der Waals surface area contributed by atoms with Gasteiger partial charge in [0.25, 0.3) is 0 Å². The molecule has 0 aliphatic rings. The summed E-state index contributed by atoms with van der Waals surface area (Å²) in [6, 6.07) is 3.97. The SMILES string of the molecule is COCc1ccc(CNCC(C)C(C)C)o1. The lowest BCUT2D eigenvalue weighted by Crippen LogP contribution is -2.23. The van der Waals surface area contributed by atoms with Gasteiger partial charge < -0.3 is 14.5 Å². The van der Waals surface area contributed by atoms with Crippen LogP contribution in [0.15, 0.2) is 16.5 Å². The van der Waals surface area contributed by atoms with Gasteiger partial charge in [-0.15, -0.1) is 0 Å². The molecular weight excluding hydrogens is 202 g/mol. The summed E-state index contributed by atoms with van der Waals surface area (Å²) in [6.45, 7) is 9.11. The van der Waals surface area contributed by atoms with E-state index in [4.69, 9.17) is 9.15 Å². The van der Waals surface area contributed by atoms with Crippen LogP contribution in [0.2, 0.25) is 0 Å². The minimum atomic E-state index is 0.544. The van der Waals surface area contributed by atoms with Crippen molar-refractivity contribution in [1.82, 2.24) is 5.32 Å². The van der Waals surface area contributed by atoms with Crippen molar-refractivity contribution in [2.24, 2.45) is 11.8 Å². The molecule has 1 unspecified atom stereocenters. The number of rotatable bonds is 7. The first kappa shape index (κ1) is 13.3. The zero-order valence-electron chi connectivity index (χ0n) is 10.7. The summed E-state index contributed by atoms with van der Waals surface area (Å²) >= 11 is 0. The van der Waals surface area contributed by atoms with Crippen LogP contribution in [0.3, 0.4) is 0 Å². The molecule has 0 saturated carbocycles. The zero-order valence-corrected chi connectivity index (χ0v) is 10.7. The summed E-state index contributed by atoms with van der Waals surface area (Å²) in [5, 5.41) is 3.40. The average molecular weight is 225 g/mol. The van der Waals surface area contributed by atoms with Crippen LogP contribution < -0.4 is 5.32 Å². The lowest BCUT2D eigenvalue weighted by atomic mass is 9.98. The Morgan fingerprint density at radius 2 is 1.94 bits per heavy atom. The van der Waals surface area contributed by atoms with Crippen LogP contribution in [0.25, 0.3) is 0 Å². The van der Waals surface area contributed by atoms with Crippen LogP contribution in [-0.4, -0.2) is 13.7 Å². The van der Waals surface area contributed by atoms with Gasteiger partial charge in [0.2, 0.25) is 0 Å². The highest BCUT2D eigenvalue weighted by atomic mass is 16.5. The van der Waals surface area contributed by atoms with Crippen LogP contribution in [0.5, 0.6) is 0 Å². The highest BCUT2D eigenvalue weighted by Crippen LogP contribution is 2.10. The van der Waals surface area contributed by atoms with Gasteiger partial charge in [0.15, 0.2) is 0 Å². The first-order valence-corrected chi connectivity index (χ1v) is 5.90. The molecule has 0 spiro atoms. The number of nitrogens with one attached hydrogen (secondary N) is 1. The van der Waals surface area contributed by atoms with Gasteiger partial charge in [-0.25, -0.2) is 0 Å². The highest BCUT2D eigenvalue weighted by Gasteiger charge is 2.07. The first-order valence-electron chi connectivity index (χ1n) is 5.90. The van der Waals surface area contributed by atoms with Gasteiger partial charge in [0.1, 0.15) is 18.1 Å². The summed E-state index contributed by atoms with van der Waals surface area (Å²) < 4.78 is 10.6. The minimum Gasteiger partial charge on any atom is -0.462 e. The molecule has 0 fully saturated rings. The molecule has 1 aromatic heterocycles. The maximum atomic E-state index is 5.58. The predicted octanol–water partition coefficient (Wildman–Crippen LogP) is 2.81. The van der Waals surface area contributed by atoms with Gasteiger partial charge >= 0.3 is 0 Å². The molecule has 1 N–H and O–H groups in total. The fraction of sp³-hybridized carbons (Fsp3) is 0.692. The van der Waals surface area contributed by atoms with E-state index in [1.165, 1.54) is 0 Å². The Bertz CT molecular complexity index is 294. The molecule has 1 aromatic rings. The fourth-order valence-electron chi connectivity index (χ4n) is 1.40. The van der Waals surface area contributed by atoms with Crippen molar-refractivity contribution >= 4 is 0 Å². The number of furan rings is 1. The van der Waals surface area contributed by atoms with Gasteiger partial charge in [-0.2, -0.15) is 0 Å². The van der Waals surface area contributed by atoms with Crippen molar-refractivity contribution in [3.8, 4) is 0 Å². The maximum absolute atomic E-state index is 5.58. The van der Waals surface area contributed by atoms with E-state index in [1.54, 1.807) is 7.11 Å². The monoisotopic (exact) mass is 225 g/mol. The third-order valence-corrected chi connectivity index (χ3v) is 2.91. The van der Waals surface area contributed by atoms with Gasteiger partial charge in [-0.3, -0.25) is 0 Å². The van der Waals surface area contributed by atoms with Crippen molar-refractivity contribution < 1.29 is 9.15 Å². The number of ether oxygens (including phenoxy) is 1. The number of methoxy groups -OCH3 is 1. The van der Waals surface area contributed by atoms with Crippen molar-refractivity contribution in [1.29, 1.82) is 0 Å². The molecular formula is C13H23NO2. The molecule has 1 rings (SSSR count). The second kappa shape index (κ2) is 6.71. The molecule has 0 radical (unpaired) electrons. The van der Waals surface area contributed by atoms with E-state index in [0.717, 1.165) is 24.6 Å². The van der Waals surface area contributed by atoms with E-state index in [9.17, 15) is 0 Å². The van der Waals surface area contributed by atoms with E-state index < -0.39 is 0 Å². The molecule has 0 aliphatic heterocycles. The second-order valence-electron chi connectivity index (χ2n) is 4.65. The molecule has 0 amide bonds. The van der Waals surface area contributed by atoms with E-state index in [-0.39, 0.29) is 0 Å². The van der Waals surface area contributed by atoms with Gasteiger partial charge in [-0.05, 0) is 30.5 Å². The molecule has 1 heterocycles. The third kappa shape index (κ3) is 4.37. The van der Waals surface area contributed by atoms with Crippen molar-refractivity contribution in [3.63, 3.8) is 0 Å². The van der Waals surface area contributed by atoms with Crippen LogP contribution in [-0.2, 0) is 17.9 Å². The number of hydrogen-bond acceptors (Lipinski definition) is 3. The van der Waals surface area contributed by atoms with Crippen LogP contribution in [0.1, 0.15) is 32.3 Å². The van der Waals surface area contributed by atoms with Gasteiger partial charge in [0.05, 0.1) is 6.54 Å². The van der Waals surface area contributed by atoms with Gasteiger partial charge in [-0.1, -0.05) is 20.8 Å². The molecule has 3 heteroatoms. The Balaban J connectivity index is 2.26. The summed E-state index contributed by atoms with van der Waals surface area (Å²) in [5.41, 5.74) is 0. The topological polar surface area (TPSA) is 34.4 Å². The Kier molecular flexibility index (Phi) is 5.56. The Hall–Kier alpha value is -0.800. The molecule has 0 bridgehead atoms. The third-order valence-electron chi connectivity index (χ3n) is 2.91. The maximum Gasteiger partial charge on any atom is 0.129 e. The average Bonchev–Trinajstić information content (AvgIpc) is 2.66. The molecule has 0 aliphatic carbocycles. The van der Waals surface area contributed by atoms with Crippen molar-refractivity contribution in [2.75, 3.05) is 13.7 Å². The Labute approximate surface area is 98.2 Å².